The van der Waals surface area contributed by atoms with Crippen molar-refractivity contribution in [3.8, 4) is 0 Å². The Morgan fingerprint density at radius 1 is 1.19 bits per heavy atom. The molecule has 2 aliphatic heterocycles. The first-order valence-corrected chi connectivity index (χ1v) is 6.83. The van der Waals surface area contributed by atoms with Gasteiger partial charge in [-0.1, -0.05) is 13.8 Å². The van der Waals surface area contributed by atoms with Crippen LogP contribution in [0.2, 0.25) is 0 Å². The summed E-state index contributed by atoms with van der Waals surface area (Å²) in [6, 6.07) is 0. The van der Waals surface area contributed by atoms with Gasteiger partial charge in [0, 0.05) is 26.2 Å². The molecule has 0 saturated carbocycles. The fourth-order valence-corrected chi connectivity index (χ4v) is 3.25. The molecule has 3 heteroatoms. The Labute approximate surface area is 99.4 Å². The van der Waals surface area contributed by atoms with Gasteiger partial charge >= 0.3 is 0 Å². The van der Waals surface area contributed by atoms with Crippen LogP contribution < -0.4 is 0 Å². The Kier molecular flexibility index (Phi) is 3.88. The molecule has 0 bridgehead atoms. The van der Waals surface area contributed by atoms with E-state index in [2.05, 4.69) is 23.6 Å². The summed E-state index contributed by atoms with van der Waals surface area (Å²) in [6.45, 7) is 10.4. The molecule has 1 N–H and O–H groups in total. The molecule has 2 heterocycles. The van der Waals surface area contributed by atoms with E-state index in [0.717, 1.165) is 19.5 Å². The van der Waals surface area contributed by atoms with Crippen molar-refractivity contribution >= 4 is 0 Å². The van der Waals surface area contributed by atoms with Crippen molar-refractivity contribution < 1.29 is 5.11 Å². The smallest absolute Gasteiger partial charge is 0.107 e. The third-order valence-corrected chi connectivity index (χ3v) is 4.30. The summed E-state index contributed by atoms with van der Waals surface area (Å²) < 4.78 is 0. The number of nitrogens with zero attached hydrogens (tertiary/aromatic N) is 2. The van der Waals surface area contributed by atoms with Crippen LogP contribution in [-0.4, -0.2) is 53.9 Å². The van der Waals surface area contributed by atoms with Gasteiger partial charge < -0.3 is 10.0 Å². The van der Waals surface area contributed by atoms with Crippen molar-refractivity contribution in [2.24, 2.45) is 5.41 Å². The molecule has 94 valence electrons. The molecule has 0 aromatic rings. The number of aliphatic hydroxyl groups is 1. The summed E-state index contributed by atoms with van der Waals surface area (Å²) >= 11 is 0. The van der Waals surface area contributed by atoms with E-state index in [1.807, 2.05) is 0 Å². The van der Waals surface area contributed by atoms with Crippen LogP contribution >= 0.6 is 0 Å². The van der Waals surface area contributed by atoms with E-state index >= 15 is 0 Å². The topological polar surface area (TPSA) is 26.7 Å². The van der Waals surface area contributed by atoms with Gasteiger partial charge in [0.15, 0.2) is 0 Å². The maximum absolute atomic E-state index is 9.80. The van der Waals surface area contributed by atoms with Crippen LogP contribution in [0.25, 0.3) is 0 Å². The fourth-order valence-electron chi connectivity index (χ4n) is 3.25. The normalized spacial score (nSPS) is 27.9. The monoisotopic (exact) mass is 226 g/mol. The molecule has 2 aliphatic rings. The van der Waals surface area contributed by atoms with Gasteiger partial charge in [0.2, 0.25) is 0 Å². The van der Waals surface area contributed by atoms with Crippen molar-refractivity contribution in [2.75, 3.05) is 32.7 Å². The van der Waals surface area contributed by atoms with Crippen molar-refractivity contribution in [1.82, 2.24) is 9.80 Å². The van der Waals surface area contributed by atoms with Crippen molar-refractivity contribution in [2.45, 2.75) is 45.8 Å². The molecule has 0 radical (unpaired) electrons. The summed E-state index contributed by atoms with van der Waals surface area (Å²) in [6.07, 6.45) is 4.49. The van der Waals surface area contributed by atoms with Crippen LogP contribution in [0.5, 0.6) is 0 Å². The lowest BCUT2D eigenvalue weighted by atomic mass is 9.72. The lowest BCUT2D eigenvalue weighted by Gasteiger charge is -2.54. The number of hydrogen-bond acceptors (Lipinski definition) is 3. The largest absolute Gasteiger partial charge is 0.378 e. The van der Waals surface area contributed by atoms with Crippen molar-refractivity contribution in [3.63, 3.8) is 0 Å². The van der Waals surface area contributed by atoms with Crippen LogP contribution in [0.15, 0.2) is 0 Å². The van der Waals surface area contributed by atoms with Crippen molar-refractivity contribution in [3.05, 3.63) is 0 Å². The second kappa shape index (κ2) is 5.03. The minimum Gasteiger partial charge on any atom is -0.378 e. The van der Waals surface area contributed by atoms with Gasteiger partial charge in [-0.25, -0.2) is 0 Å². The second-order valence-corrected chi connectivity index (χ2v) is 5.64. The Balaban J connectivity index is 1.74. The highest BCUT2D eigenvalue weighted by Crippen LogP contribution is 2.40. The first kappa shape index (κ1) is 12.3. The van der Waals surface area contributed by atoms with Gasteiger partial charge in [0.25, 0.3) is 0 Å². The van der Waals surface area contributed by atoms with Crippen LogP contribution in [-0.2, 0) is 0 Å². The van der Waals surface area contributed by atoms with E-state index < -0.39 is 0 Å². The third kappa shape index (κ3) is 2.41. The molecule has 2 saturated heterocycles. The van der Waals surface area contributed by atoms with E-state index in [1.54, 1.807) is 0 Å². The van der Waals surface area contributed by atoms with E-state index in [1.165, 1.54) is 38.9 Å². The quantitative estimate of drug-likeness (QED) is 0.787. The molecular weight excluding hydrogens is 200 g/mol. The molecule has 1 atom stereocenters. The van der Waals surface area contributed by atoms with Crippen LogP contribution in [0.1, 0.15) is 39.5 Å². The second-order valence-electron chi connectivity index (χ2n) is 5.64. The molecule has 1 unspecified atom stereocenters. The van der Waals surface area contributed by atoms with Gasteiger partial charge in [-0.3, -0.25) is 4.90 Å². The highest BCUT2D eigenvalue weighted by atomic mass is 16.3. The van der Waals surface area contributed by atoms with Gasteiger partial charge in [0.1, 0.15) is 6.23 Å². The molecular formula is C13H26N2O. The maximum atomic E-state index is 9.80. The van der Waals surface area contributed by atoms with Gasteiger partial charge in [0.05, 0.1) is 0 Å². The number of hydrogen-bond donors (Lipinski definition) is 1. The summed E-state index contributed by atoms with van der Waals surface area (Å²) in [4.78, 5) is 4.82. The Hall–Kier alpha value is -0.120. The number of aliphatic hydroxyl groups excluding tert-OH is 1. The van der Waals surface area contributed by atoms with E-state index in [-0.39, 0.29) is 6.23 Å². The lowest BCUT2D eigenvalue weighted by molar-refractivity contribution is -0.0861. The lowest BCUT2D eigenvalue weighted by Crippen LogP contribution is -2.61. The van der Waals surface area contributed by atoms with E-state index in [4.69, 9.17) is 0 Å². The van der Waals surface area contributed by atoms with E-state index in [0.29, 0.717) is 5.41 Å². The first-order valence-electron chi connectivity index (χ1n) is 6.83. The summed E-state index contributed by atoms with van der Waals surface area (Å²) in [5.41, 5.74) is 0.610. The van der Waals surface area contributed by atoms with Crippen molar-refractivity contribution in [1.29, 1.82) is 0 Å². The van der Waals surface area contributed by atoms with Gasteiger partial charge in [-0.05, 0) is 37.6 Å². The molecule has 2 fully saturated rings. The molecule has 0 aliphatic carbocycles. The highest BCUT2D eigenvalue weighted by Gasteiger charge is 2.44. The molecule has 0 aromatic heterocycles. The fraction of sp³-hybridized carbons (Fsp3) is 1.00. The summed E-state index contributed by atoms with van der Waals surface area (Å²) in [5.74, 6) is 0. The molecule has 2 rings (SSSR count). The standard InChI is InChI=1S/C13H26N2O/c1-3-7-14-10-13(11-14)5-8-15(9-6-13)12(16)4-2/h12,16H,3-11H2,1-2H3. The maximum Gasteiger partial charge on any atom is 0.107 e. The Morgan fingerprint density at radius 2 is 1.81 bits per heavy atom. The molecule has 0 aromatic carbocycles. The summed E-state index contributed by atoms with van der Waals surface area (Å²) in [5, 5.41) is 9.80. The van der Waals surface area contributed by atoms with Crippen LogP contribution in [0, 0.1) is 5.41 Å². The molecule has 16 heavy (non-hydrogen) atoms. The van der Waals surface area contributed by atoms with Gasteiger partial charge in [-0.15, -0.1) is 0 Å². The van der Waals surface area contributed by atoms with E-state index in [9.17, 15) is 5.11 Å². The predicted octanol–water partition coefficient (Wildman–Crippen LogP) is 1.52. The Bertz CT molecular complexity index is 216. The average molecular weight is 226 g/mol. The number of likely N-dealkylation sites (tertiary alicyclic amines) is 2. The highest BCUT2D eigenvalue weighted by molar-refractivity contribution is 4.98. The predicted molar refractivity (Wildman–Crippen MR) is 66.3 cm³/mol. The zero-order chi connectivity index (χ0) is 11.6. The zero-order valence-electron chi connectivity index (χ0n) is 10.8. The third-order valence-electron chi connectivity index (χ3n) is 4.30. The zero-order valence-corrected chi connectivity index (χ0v) is 10.8. The Morgan fingerprint density at radius 3 is 2.31 bits per heavy atom. The SMILES string of the molecule is CCCN1CC2(CCN(C(O)CC)CC2)C1. The minimum absolute atomic E-state index is 0.204. The summed E-state index contributed by atoms with van der Waals surface area (Å²) in [7, 11) is 0. The van der Waals surface area contributed by atoms with Gasteiger partial charge in [-0.2, -0.15) is 0 Å². The average Bonchev–Trinajstić information content (AvgIpc) is 2.27. The molecule has 0 amide bonds. The molecule has 3 nitrogen and oxygen atoms in total. The molecule has 1 spiro atoms. The van der Waals surface area contributed by atoms with Crippen LogP contribution in [0.4, 0.5) is 0 Å². The number of piperidine rings is 1. The number of rotatable bonds is 4. The first-order chi connectivity index (χ1) is 7.69. The van der Waals surface area contributed by atoms with Crippen LogP contribution in [0.3, 0.4) is 0 Å². The minimum atomic E-state index is -0.204.